The van der Waals surface area contributed by atoms with Crippen molar-refractivity contribution in [2.24, 2.45) is 5.10 Å². The number of amides is 1. The quantitative estimate of drug-likeness (QED) is 0.235. The standard InChI is InChI=1S/C32H34N4O4/c1-4-20-35-31(37)30(40-32(35)33-34-21-6-5-7-22-34)23-24-8-10-25(11-9-24)36(26-12-16-28(38-2)17-13-26)27-14-18-29(39-3)19-15-27/h4,8-19,23H,1,5-7,20-22H2,2-3H3/b30-23+,33-32-. The molecule has 206 valence electrons. The fraction of sp³-hybridized carbons (Fsp3) is 0.250. The Balaban J connectivity index is 1.42. The van der Waals surface area contributed by atoms with Crippen LogP contribution in [-0.2, 0) is 9.53 Å². The molecule has 0 bridgehead atoms. The van der Waals surface area contributed by atoms with E-state index < -0.39 is 0 Å². The molecule has 0 saturated carbocycles. The molecule has 0 unspecified atom stereocenters. The van der Waals surface area contributed by atoms with E-state index in [4.69, 9.17) is 14.2 Å². The van der Waals surface area contributed by atoms with Gasteiger partial charge in [0.2, 0.25) is 0 Å². The summed E-state index contributed by atoms with van der Waals surface area (Å²) in [5, 5.41) is 6.61. The second-order valence-electron chi connectivity index (χ2n) is 9.53. The Morgan fingerprint density at radius 2 is 1.38 bits per heavy atom. The fourth-order valence-electron chi connectivity index (χ4n) is 4.75. The molecule has 2 saturated heterocycles. The lowest BCUT2D eigenvalue weighted by Gasteiger charge is -2.26. The van der Waals surface area contributed by atoms with Crippen LogP contribution < -0.4 is 14.4 Å². The summed E-state index contributed by atoms with van der Waals surface area (Å²) >= 11 is 0. The number of ether oxygens (including phenoxy) is 3. The number of methoxy groups -OCH3 is 2. The summed E-state index contributed by atoms with van der Waals surface area (Å²) in [6.45, 7) is 5.85. The lowest BCUT2D eigenvalue weighted by atomic mass is 10.1. The van der Waals surface area contributed by atoms with E-state index in [1.54, 1.807) is 26.4 Å². The summed E-state index contributed by atoms with van der Waals surface area (Å²) in [5.74, 6) is 1.59. The van der Waals surface area contributed by atoms with Crippen LogP contribution in [0.2, 0.25) is 0 Å². The third-order valence-corrected chi connectivity index (χ3v) is 6.87. The van der Waals surface area contributed by atoms with Crippen LogP contribution in [0.5, 0.6) is 11.5 Å². The molecule has 5 rings (SSSR count). The van der Waals surface area contributed by atoms with E-state index in [0.29, 0.717) is 12.6 Å². The molecule has 0 spiro atoms. The highest BCUT2D eigenvalue weighted by atomic mass is 16.5. The minimum atomic E-state index is -0.224. The van der Waals surface area contributed by atoms with Gasteiger partial charge in [0.1, 0.15) is 11.5 Å². The highest BCUT2D eigenvalue weighted by Gasteiger charge is 2.35. The van der Waals surface area contributed by atoms with Crippen molar-refractivity contribution in [2.45, 2.75) is 19.3 Å². The zero-order chi connectivity index (χ0) is 27.9. The number of hydrogen-bond donors (Lipinski definition) is 0. The molecule has 3 aromatic rings. The molecule has 2 aliphatic heterocycles. The van der Waals surface area contributed by atoms with Crippen molar-refractivity contribution >= 4 is 35.1 Å². The van der Waals surface area contributed by atoms with Crippen LogP contribution in [0.3, 0.4) is 0 Å². The number of hydrogen-bond acceptors (Lipinski definition) is 7. The summed E-state index contributed by atoms with van der Waals surface area (Å²) < 4.78 is 16.7. The molecular weight excluding hydrogens is 504 g/mol. The Labute approximate surface area is 235 Å². The van der Waals surface area contributed by atoms with Crippen LogP contribution in [0.25, 0.3) is 6.08 Å². The van der Waals surface area contributed by atoms with Crippen molar-refractivity contribution in [2.75, 3.05) is 38.8 Å². The average Bonchev–Trinajstić information content (AvgIpc) is 3.28. The first-order valence-electron chi connectivity index (χ1n) is 13.4. The van der Waals surface area contributed by atoms with E-state index in [2.05, 4.69) is 16.6 Å². The van der Waals surface area contributed by atoms with Gasteiger partial charge in [-0.1, -0.05) is 18.2 Å². The third-order valence-electron chi connectivity index (χ3n) is 6.87. The Bertz CT molecular complexity index is 1330. The maximum Gasteiger partial charge on any atom is 0.322 e. The van der Waals surface area contributed by atoms with Crippen molar-refractivity contribution in [3.05, 3.63) is 96.8 Å². The minimum Gasteiger partial charge on any atom is -0.497 e. The number of piperidine rings is 1. The second-order valence-corrected chi connectivity index (χ2v) is 9.53. The fourth-order valence-corrected chi connectivity index (χ4v) is 4.75. The summed E-state index contributed by atoms with van der Waals surface area (Å²) in [7, 11) is 3.31. The lowest BCUT2D eigenvalue weighted by Crippen LogP contribution is -2.33. The number of benzene rings is 3. The molecule has 3 aromatic carbocycles. The lowest BCUT2D eigenvalue weighted by molar-refractivity contribution is -0.122. The smallest absolute Gasteiger partial charge is 0.322 e. The van der Waals surface area contributed by atoms with Crippen molar-refractivity contribution in [1.82, 2.24) is 9.91 Å². The molecule has 8 nitrogen and oxygen atoms in total. The number of amidine groups is 1. The maximum absolute atomic E-state index is 13.2. The third kappa shape index (κ3) is 5.96. The zero-order valence-electron chi connectivity index (χ0n) is 23.0. The van der Waals surface area contributed by atoms with Crippen LogP contribution in [-0.4, -0.2) is 55.7 Å². The topological polar surface area (TPSA) is 66.8 Å². The van der Waals surface area contributed by atoms with Crippen molar-refractivity contribution < 1.29 is 19.0 Å². The SMILES string of the molecule is C=CCN1C(=O)/C(=C\c2ccc(N(c3ccc(OC)cc3)c3ccc(OC)cc3)cc2)O/C1=N\N1CCCCC1. The molecule has 2 aliphatic rings. The molecule has 0 aromatic heterocycles. The van der Waals surface area contributed by atoms with Gasteiger partial charge < -0.3 is 19.1 Å². The van der Waals surface area contributed by atoms with E-state index in [1.807, 2.05) is 77.8 Å². The van der Waals surface area contributed by atoms with Crippen molar-refractivity contribution in [1.29, 1.82) is 0 Å². The molecule has 1 amide bonds. The molecule has 0 radical (unpaired) electrons. The molecule has 0 aliphatic carbocycles. The van der Waals surface area contributed by atoms with Gasteiger partial charge in [0.05, 0.1) is 14.2 Å². The van der Waals surface area contributed by atoms with Gasteiger partial charge in [0.25, 0.3) is 5.91 Å². The monoisotopic (exact) mass is 538 g/mol. The number of hydrazone groups is 1. The molecular formula is C32H34N4O4. The van der Waals surface area contributed by atoms with Crippen molar-refractivity contribution in [3.63, 3.8) is 0 Å². The number of rotatable bonds is 9. The largest absolute Gasteiger partial charge is 0.497 e. The number of nitrogens with zero attached hydrogens (tertiary/aromatic N) is 4. The highest BCUT2D eigenvalue weighted by molar-refractivity contribution is 6.11. The normalized spacial score (nSPS) is 17.2. The van der Waals surface area contributed by atoms with Crippen molar-refractivity contribution in [3.8, 4) is 11.5 Å². The van der Waals surface area contributed by atoms with E-state index >= 15 is 0 Å². The Morgan fingerprint density at radius 1 is 0.850 bits per heavy atom. The first-order valence-corrected chi connectivity index (χ1v) is 13.4. The van der Waals surface area contributed by atoms with Crippen LogP contribution in [0.15, 0.2) is 96.3 Å². The Morgan fingerprint density at radius 3 is 1.88 bits per heavy atom. The van der Waals surface area contributed by atoms with Crippen LogP contribution >= 0.6 is 0 Å². The number of carbonyl (C=O) groups excluding carboxylic acids is 1. The Kier molecular flexibility index (Phi) is 8.35. The minimum absolute atomic E-state index is 0.224. The van der Waals surface area contributed by atoms with Gasteiger partial charge in [0.15, 0.2) is 5.76 Å². The van der Waals surface area contributed by atoms with Gasteiger partial charge in [0, 0.05) is 36.7 Å². The van der Waals surface area contributed by atoms with Gasteiger partial charge >= 0.3 is 6.02 Å². The molecule has 8 heteroatoms. The summed E-state index contributed by atoms with van der Waals surface area (Å²) in [5.41, 5.74) is 3.75. The Hall–Kier alpha value is -4.72. The summed E-state index contributed by atoms with van der Waals surface area (Å²) in [6.07, 6.45) is 6.81. The van der Waals surface area contributed by atoms with Crippen LogP contribution in [0.1, 0.15) is 24.8 Å². The van der Waals surface area contributed by atoms with E-state index in [9.17, 15) is 4.79 Å². The average molecular weight is 539 g/mol. The molecule has 2 heterocycles. The first-order chi connectivity index (χ1) is 19.6. The highest BCUT2D eigenvalue weighted by Crippen LogP contribution is 2.36. The van der Waals surface area contributed by atoms with Gasteiger partial charge in [-0.15, -0.1) is 11.7 Å². The van der Waals surface area contributed by atoms with E-state index in [-0.39, 0.29) is 11.7 Å². The number of anilines is 3. The number of carbonyl (C=O) groups is 1. The van der Waals surface area contributed by atoms with Crippen LogP contribution in [0, 0.1) is 0 Å². The van der Waals surface area contributed by atoms with Crippen LogP contribution in [0.4, 0.5) is 17.1 Å². The van der Waals surface area contributed by atoms with Gasteiger partial charge in [-0.25, -0.2) is 0 Å². The van der Waals surface area contributed by atoms with E-state index in [0.717, 1.165) is 60.1 Å². The second kappa shape index (κ2) is 12.4. The predicted molar refractivity (Wildman–Crippen MR) is 158 cm³/mol. The first kappa shape index (κ1) is 26.9. The van der Waals surface area contributed by atoms with Gasteiger partial charge in [-0.3, -0.25) is 14.7 Å². The maximum atomic E-state index is 13.2. The summed E-state index contributed by atoms with van der Waals surface area (Å²) in [4.78, 5) is 16.8. The molecule has 0 N–H and O–H groups in total. The summed E-state index contributed by atoms with van der Waals surface area (Å²) in [6, 6.07) is 24.1. The molecule has 0 atom stereocenters. The zero-order valence-corrected chi connectivity index (χ0v) is 23.0. The van der Waals surface area contributed by atoms with Gasteiger partial charge in [-0.05, 0) is 91.6 Å². The van der Waals surface area contributed by atoms with Gasteiger partial charge in [-0.2, -0.15) is 0 Å². The predicted octanol–water partition coefficient (Wildman–Crippen LogP) is 6.32. The molecule has 40 heavy (non-hydrogen) atoms. The van der Waals surface area contributed by atoms with E-state index in [1.165, 1.54) is 11.3 Å². The molecule has 2 fully saturated rings.